The van der Waals surface area contributed by atoms with Crippen molar-refractivity contribution in [3.8, 4) is 5.75 Å². The quantitative estimate of drug-likeness (QED) is 0.288. The molecule has 184 valence electrons. The van der Waals surface area contributed by atoms with Gasteiger partial charge in [0.25, 0.3) is 5.91 Å². The zero-order chi connectivity index (χ0) is 25.3. The molecule has 4 aromatic rings. The number of hydrogen-bond donors (Lipinski definition) is 3. The molecule has 0 aliphatic rings. The Morgan fingerprint density at radius 1 is 1.08 bits per heavy atom. The highest BCUT2D eigenvalue weighted by atomic mass is 16.5. The molecule has 0 fully saturated rings. The maximum Gasteiger partial charge on any atom is 0.267 e. The topological polar surface area (TPSA) is 109 Å². The number of imidazole rings is 1. The van der Waals surface area contributed by atoms with Crippen LogP contribution in [0, 0.1) is 0 Å². The molecule has 0 atom stereocenters. The van der Waals surface area contributed by atoms with Gasteiger partial charge < -0.3 is 24.8 Å². The molecule has 8 heteroatoms. The Kier molecular flexibility index (Phi) is 7.97. The van der Waals surface area contributed by atoms with Crippen molar-refractivity contribution < 1.29 is 18.7 Å². The number of aromatic amines is 1. The Morgan fingerprint density at radius 2 is 1.89 bits per heavy atom. The summed E-state index contributed by atoms with van der Waals surface area (Å²) in [6, 6.07) is 18.5. The van der Waals surface area contributed by atoms with E-state index in [1.807, 2.05) is 62.4 Å². The highest BCUT2D eigenvalue weighted by Gasteiger charge is 2.13. The highest BCUT2D eigenvalue weighted by Crippen LogP contribution is 2.16. The van der Waals surface area contributed by atoms with E-state index in [1.165, 1.54) is 18.4 Å². The molecule has 0 unspecified atom stereocenters. The lowest BCUT2D eigenvalue weighted by molar-refractivity contribution is -0.121. The second kappa shape index (κ2) is 11.7. The predicted molar refractivity (Wildman–Crippen MR) is 139 cm³/mol. The summed E-state index contributed by atoms with van der Waals surface area (Å²) in [5.74, 6) is 1.17. The summed E-state index contributed by atoms with van der Waals surface area (Å²) >= 11 is 0. The molecular formula is C28H28N4O4. The van der Waals surface area contributed by atoms with Gasteiger partial charge in [0.2, 0.25) is 5.91 Å². The van der Waals surface area contributed by atoms with Gasteiger partial charge in [-0.15, -0.1) is 0 Å². The van der Waals surface area contributed by atoms with Crippen LogP contribution in [0.3, 0.4) is 0 Å². The SMILES string of the molecule is CC(C)Oc1ccc(C=C(NC(=O)C=Cc2ccco2)C(=O)NCCc2nc3ccccc3[nH]2)cc1. The fourth-order valence-electron chi connectivity index (χ4n) is 3.47. The van der Waals surface area contributed by atoms with Crippen LogP contribution in [-0.4, -0.2) is 34.4 Å². The monoisotopic (exact) mass is 484 g/mol. The van der Waals surface area contributed by atoms with Crippen LogP contribution in [0.2, 0.25) is 0 Å². The Hall–Kier alpha value is -4.59. The normalized spacial score (nSPS) is 11.8. The van der Waals surface area contributed by atoms with Gasteiger partial charge in [-0.25, -0.2) is 4.98 Å². The Morgan fingerprint density at radius 3 is 2.61 bits per heavy atom. The number of nitrogens with one attached hydrogen (secondary N) is 3. The molecule has 2 aromatic carbocycles. The van der Waals surface area contributed by atoms with Gasteiger partial charge in [0, 0.05) is 19.0 Å². The lowest BCUT2D eigenvalue weighted by atomic mass is 10.1. The van der Waals surface area contributed by atoms with Crippen molar-refractivity contribution in [1.82, 2.24) is 20.6 Å². The van der Waals surface area contributed by atoms with Crippen molar-refractivity contribution in [2.75, 3.05) is 6.54 Å². The molecule has 36 heavy (non-hydrogen) atoms. The number of benzene rings is 2. The predicted octanol–water partition coefficient (Wildman–Crippen LogP) is 4.47. The minimum atomic E-state index is -0.454. The van der Waals surface area contributed by atoms with E-state index in [4.69, 9.17) is 9.15 Å². The van der Waals surface area contributed by atoms with E-state index in [9.17, 15) is 9.59 Å². The standard InChI is InChI=1S/C28H28N4O4/c1-19(2)36-22-11-9-20(10-12-22)18-25(32-27(33)14-13-21-6-5-17-35-21)28(34)29-16-15-26-30-23-7-3-4-8-24(23)31-26/h3-14,17-19H,15-16H2,1-2H3,(H,29,34)(H,30,31)(H,32,33). The number of H-pyrrole nitrogens is 1. The minimum Gasteiger partial charge on any atom is -0.491 e. The number of ether oxygens (including phenoxy) is 1. The van der Waals surface area contributed by atoms with Crippen molar-refractivity contribution >= 4 is 35.0 Å². The van der Waals surface area contributed by atoms with Crippen molar-refractivity contribution in [1.29, 1.82) is 0 Å². The number of nitrogens with zero attached hydrogens (tertiary/aromatic N) is 1. The molecule has 8 nitrogen and oxygen atoms in total. The fraction of sp³-hybridized carbons (Fsp3) is 0.179. The molecule has 0 spiro atoms. The van der Waals surface area contributed by atoms with Crippen LogP contribution in [0.25, 0.3) is 23.2 Å². The summed E-state index contributed by atoms with van der Waals surface area (Å²) in [7, 11) is 0. The van der Waals surface area contributed by atoms with Gasteiger partial charge in [-0.2, -0.15) is 0 Å². The van der Waals surface area contributed by atoms with E-state index in [-0.39, 0.29) is 11.8 Å². The summed E-state index contributed by atoms with van der Waals surface area (Å²) in [4.78, 5) is 33.3. The molecular weight excluding hydrogens is 456 g/mol. The van der Waals surface area contributed by atoms with E-state index in [2.05, 4.69) is 20.6 Å². The Bertz CT molecular complexity index is 1330. The minimum absolute atomic E-state index is 0.0553. The molecule has 2 aromatic heterocycles. The van der Waals surface area contributed by atoms with Crippen molar-refractivity contribution in [3.05, 3.63) is 95.8 Å². The van der Waals surface area contributed by atoms with Gasteiger partial charge in [0.15, 0.2) is 0 Å². The molecule has 0 saturated heterocycles. The zero-order valence-electron chi connectivity index (χ0n) is 20.2. The molecule has 0 radical (unpaired) electrons. The third-order valence-corrected chi connectivity index (χ3v) is 5.09. The number of para-hydroxylation sites is 2. The maximum absolute atomic E-state index is 13.0. The van der Waals surface area contributed by atoms with E-state index in [0.717, 1.165) is 28.2 Å². The van der Waals surface area contributed by atoms with Crippen LogP contribution in [0.15, 0.2) is 83.1 Å². The number of fused-ring (bicyclic) bond motifs is 1. The number of aromatic nitrogens is 2. The summed E-state index contributed by atoms with van der Waals surface area (Å²) in [5, 5.41) is 5.53. The van der Waals surface area contributed by atoms with Crippen LogP contribution in [-0.2, 0) is 16.0 Å². The smallest absolute Gasteiger partial charge is 0.267 e. The van der Waals surface area contributed by atoms with Gasteiger partial charge in [-0.1, -0.05) is 24.3 Å². The average Bonchev–Trinajstić information content (AvgIpc) is 3.52. The first-order chi connectivity index (χ1) is 17.5. The lowest BCUT2D eigenvalue weighted by Crippen LogP contribution is -2.35. The molecule has 0 bridgehead atoms. The third kappa shape index (κ3) is 6.96. The number of hydrogen-bond acceptors (Lipinski definition) is 5. The van der Waals surface area contributed by atoms with Gasteiger partial charge in [0.1, 0.15) is 23.0 Å². The van der Waals surface area contributed by atoms with E-state index < -0.39 is 11.8 Å². The summed E-state index contributed by atoms with van der Waals surface area (Å²) < 4.78 is 10.9. The van der Waals surface area contributed by atoms with Gasteiger partial charge >= 0.3 is 0 Å². The van der Waals surface area contributed by atoms with Crippen molar-refractivity contribution in [3.63, 3.8) is 0 Å². The molecule has 0 aliphatic carbocycles. The maximum atomic E-state index is 13.0. The second-order valence-corrected chi connectivity index (χ2v) is 8.34. The van der Waals surface area contributed by atoms with Gasteiger partial charge in [-0.3, -0.25) is 9.59 Å². The van der Waals surface area contributed by atoms with E-state index in [1.54, 1.807) is 18.2 Å². The number of carbonyl (C=O) groups is 2. The third-order valence-electron chi connectivity index (χ3n) is 5.09. The average molecular weight is 485 g/mol. The summed E-state index contributed by atoms with van der Waals surface area (Å²) in [5.41, 5.74) is 2.68. The Labute approximate surface area is 209 Å². The van der Waals surface area contributed by atoms with Gasteiger partial charge in [0.05, 0.1) is 23.4 Å². The molecule has 0 aliphatic heterocycles. The van der Waals surface area contributed by atoms with Crippen LogP contribution in [0.1, 0.15) is 31.0 Å². The summed E-state index contributed by atoms with van der Waals surface area (Å²) in [6.45, 7) is 4.25. The lowest BCUT2D eigenvalue weighted by Gasteiger charge is -2.11. The highest BCUT2D eigenvalue weighted by molar-refractivity contribution is 6.04. The zero-order valence-corrected chi connectivity index (χ0v) is 20.2. The largest absolute Gasteiger partial charge is 0.491 e. The number of amides is 2. The van der Waals surface area contributed by atoms with E-state index in [0.29, 0.717) is 18.7 Å². The van der Waals surface area contributed by atoms with Crippen molar-refractivity contribution in [2.24, 2.45) is 0 Å². The fourth-order valence-corrected chi connectivity index (χ4v) is 3.47. The van der Waals surface area contributed by atoms with Crippen molar-refractivity contribution in [2.45, 2.75) is 26.4 Å². The number of carbonyl (C=O) groups excluding carboxylic acids is 2. The second-order valence-electron chi connectivity index (χ2n) is 8.34. The molecule has 2 amide bonds. The van der Waals surface area contributed by atoms with Crippen LogP contribution < -0.4 is 15.4 Å². The first-order valence-corrected chi connectivity index (χ1v) is 11.7. The number of rotatable bonds is 10. The van der Waals surface area contributed by atoms with Crippen LogP contribution in [0.4, 0.5) is 0 Å². The first kappa shape index (κ1) is 24.5. The first-order valence-electron chi connectivity index (χ1n) is 11.7. The Balaban J connectivity index is 1.44. The summed E-state index contributed by atoms with van der Waals surface area (Å²) in [6.07, 6.45) is 6.55. The number of furan rings is 1. The van der Waals surface area contributed by atoms with Crippen LogP contribution in [0.5, 0.6) is 5.75 Å². The van der Waals surface area contributed by atoms with E-state index >= 15 is 0 Å². The van der Waals surface area contributed by atoms with Gasteiger partial charge in [-0.05, 0) is 68.0 Å². The molecule has 0 saturated carbocycles. The van der Waals surface area contributed by atoms with Crippen LogP contribution >= 0.6 is 0 Å². The molecule has 3 N–H and O–H groups in total. The molecule has 2 heterocycles. The molecule has 4 rings (SSSR count).